The minimum Gasteiger partial charge on any atom is -0.340 e. The number of benzene rings is 2. The van der Waals surface area contributed by atoms with Gasteiger partial charge in [0.15, 0.2) is 0 Å². The maximum absolute atomic E-state index is 12.6. The van der Waals surface area contributed by atoms with E-state index >= 15 is 0 Å². The van der Waals surface area contributed by atoms with Gasteiger partial charge in [-0.05, 0) is 31.2 Å². The normalized spacial score (nSPS) is 16.9. The van der Waals surface area contributed by atoms with Gasteiger partial charge in [-0.1, -0.05) is 30.3 Å². The lowest BCUT2D eigenvalue weighted by molar-refractivity contribution is -0.132. The standard InChI is InChI=1S/C21H24N4O.ClH/c1-16-15-24(14-13-22-16)21(26)12-11-20-23-18-9-5-6-10-19(18)25(20)17-7-3-2-4-8-17;/h2-10,16,22H,11-15H2,1H3;1H. The summed E-state index contributed by atoms with van der Waals surface area (Å²) in [6, 6.07) is 18.7. The highest BCUT2D eigenvalue weighted by molar-refractivity contribution is 5.85. The molecule has 1 atom stereocenters. The molecule has 1 aromatic heterocycles. The largest absolute Gasteiger partial charge is 0.340 e. The summed E-state index contributed by atoms with van der Waals surface area (Å²) in [6.07, 6.45) is 1.13. The molecule has 0 aliphatic carbocycles. The topological polar surface area (TPSA) is 50.2 Å². The van der Waals surface area contributed by atoms with Crippen molar-refractivity contribution in [3.8, 4) is 5.69 Å². The summed E-state index contributed by atoms with van der Waals surface area (Å²) in [6.45, 7) is 4.57. The molecule has 1 fully saturated rings. The van der Waals surface area contributed by atoms with Crippen molar-refractivity contribution in [2.45, 2.75) is 25.8 Å². The third-order valence-corrected chi connectivity index (χ3v) is 4.93. The lowest BCUT2D eigenvalue weighted by Crippen LogP contribution is -2.51. The molecule has 27 heavy (non-hydrogen) atoms. The minimum absolute atomic E-state index is 0. The predicted molar refractivity (Wildman–Crippen MR) is 111 cm³/mol. The van der Waals surface area contributed by atoms with Gasteiger partial charge in [0.2, 0.25) is 5.91 Å². The van der Waals surface area contributed by atoms with Crippen LogP contribution in [0.4, 0.5) is 0 Å². The number of aryl methyl sites for hydroxylation is 1. The van der Waals surface area contributed by atoms with Gasteiger partial charge in [0.05, 0.1) is 11.0 Å². The zero-order chi connectivity index (χ0) is 17.9. The Morgan fingerprint density at radius 2 is 1.89 bits per heavy atom. The van der Waals surface area contributed by atoms with E-state index in [1.807, 2.05) is 41.3 Å². The molecule has 2 heterocycles. The molecule has 0 spiro atoms. The van der Waals surface area contributed by atoms with Crippen molar-refractivity contribution in [2.24, 2.45) is 0 Å². The molecule has 0 radical (unpaired) electrons. The number of para-hydroxylation sites is 3. The summed E-state index contributed by atoms with van der Waals surface area (Å²) < 4.78 is 2.17. The average molecular weight is 385 g/mol. The molecule has 1 aliphatic heterocycles. The molecular formula is C21H25ClN4O. The van der Waals surface area contributed by atoms with Crippen LogP contribution in [0.25, 0.3) is 16.7 Å². The summed E-state index contributed by atoms with van der Waals surface area (Å²) in [5.41, 5.74) is 3.13. The molecule has 1 saturated heterocycles. The number of imidazole rings is 1. The Morgan fingerprint density at radius 1 is 1.15 bits per heavy atom. The van der Waals surface area contributed by atoms with Crippen LogP contribution in [0.1, 0.15) is 19.2 Å². The fourth-order valence-electron chi connectivity index (χ4n) is 3.64. The van der Waals surface area contributed by atoms with E-state index in [-0.39, 0.29) is 18.3 Å². The van der Waals surface area contributed by atoms with E-state index in [9.17, 15) is 4.79 Å². The molecule has 1 N–H and O–H groups in total. The number of rotatable bonds is 4. The number of carbonyl (C=O) groups excluding carboxylic acids is 1. The molecule has 5 nitrogen and oxygen atoms in total. The van der Waals surface area contributed by atoms with Crippen LogP contribution in [0.15, 0.2) is 54.6 Å². The monoisotopic (exact) mass is 384 g/mol. The molecule has 1 unspecified atom stereocenters. The van der Waals surface area contributed by atoms with Gasteiger partial charge in [0, 0.05) is 44.2 Å². The Labute approximate surface area is 165 Å². The second-order valence-corrected chi connectivity index (χ2v) is 6.88. The van der Waals surface area contributed by atoms with Crippen LogP contribution in [0.5, 0.6) is 0 Å². The van der Waals surface area contributed by atoms with Gasteiger partial charge in [0.1, 0.15) is 5.82 Å². The fourth-order valence-corrected chi connectivity index (χ4v) is 3.64. The van der Waals surface area contributed by atoms with Crippen LogP contribution >= 0.6 is 12.4 Å². The first-order valence-electron chi connectivity index (χ1n) is 9.25. The Bertz CT molecular complexity index is 909. The minimum atomic E-state index is 0. The van der Waals surface area contributed by atoms with E-state index in [4.69, 9.17) is 4.98 Å². The number of fused-ring (bicyclic) bond motifs is 1. The smallest absolute Gasteiger partial charge is 0.223 e. The average Bonchev–Trinajstić information content (AvgIpc) is 3.05. The highest BCUT2D eigenvalue weighted by Crippen LogP contribution is 2.22. The van der Waals surface area contributed by atoms with E-state index in [0.29, 0.717) is 18.9 Å². The molecule has 0 saturated carbocycles. The number of hydrogen-bond donors (Lipinski definition) is 1. The van der Waals surface area contributed by atoms with Crippen molar-refractivity contribution < 1.29 is 4.79 Å². The van der Waals surface area contributed by atoms with Crippen LogP contribution in [0, 0.1) is 0 Å². The Balaban J connectivity index is 0.00000210. The van der Waals surface area contributed by atoms with Crippen molar-refractivity contribution in [1.82, 2.24) is 19.8 Å². The van der Waals surface area contributed by atoms with Gasteiger partial charge in [0.25, 0.3) is 0 Å². The van der Waals surface area contributed by atoms with Crippen LogP contribution in [0.3, 0.4) is 0 Å². The molecule has 1 amide bonds. The summed E-state index contributed by atoms with van der Waals surface area (Å²) in [5, 5.41) is 3.38. The van der Waals surface area contributed by atoms with E-state index in [2.05, 4.69) is 35.0 Å². The molecular weight excluding hydrogens is 360 g/mol. The van der Waals surface area contributed by atoms with Gasteiger partial charge < -0.3 is 10.2 Å². The maximum Gasteiger partial charge on any atom is 0.223 e. The maximum atomic E-state index is 12.6. The second kappa shape index (κ2) is 8.55. The lowest BCUT2D eigenvalue weighted by atomic mass is 10.2. The van der Waals surface area contributed by atoms with Crippen molar-refractivity contribution in [3.05, 3.63) is 60.4 Å². The number of nitrogens with one attached hydrogen (secondary N) is 1. The predicted octanol–water partition coefficient (Wildman–Crippen LogP) is 3.20. The van der Waals surface area contributed by atoms with E-state index in [1.165, 1.54) is 0 Å². The molecule has 6 heteroatoms. The number of hydrogen-bond acceptors (Lipinski definition) is 3. The Hall–Kier alpha value is -2.37. The molecule has 4 rings (SSSR count). The van der Waals surface area contributed by atoms with Gasteiger partial charge in [-0.15, -0.1) is 12.4 Å². The van der Waals surface area contributed by atoms with Crippen molar-refractivity contribution in [2.75, 3.05) is 19.6 Å². The van der Waals surface area contributed by atoms with E-state index in [1.54, 1.807) is 0 Å². The second-order valence-electron chi connectivity index (χ2n) is 6.88. The molecule has 142 valence electrons. The zero-order valence-corrected chi connectivity index (χ0v) is 16.3. The Kier molecular flexibility index (Phi) is 6.14. The summed E-state index contributed by atoms with van der Waals surface area (Å²) in [5.74, 6) is 1.15. The third-order valence-electron chi connectivity index (χ3n) is 4.93. The van der Waals surface area contributed by atoms with E-state index < -0.39 is 0 Å². The summed E-state index contributed by atoms with van der Waals surface area (Å²) in [7, 11) is 0. The number of halogens is 1. The number of nitrogens with zero attached hydrogens (tertiary/aromatic N) is 3. The van der Waals surface area contributed by atoms with E-state index in [0.717, 1.165) is 42.2 Å². The van der Waals surface area contributed by atoms with Crippen molar-refractivity contribution >= 4 is 29.3 Å². The van der Waals surface area contributed by atoms with Crippen LogP contribution in [0.2, 0.25) is 0 Å². The quantitative estimate of drug-likeness (QED) is 0.751. The first-order valence-corrected chi connectivity index (χ1v) is 9.25. The summed E-state index contributed by atoms with van der Waals surface area (Å²) >= 11 is 0. The first kappa shape index (κ1) is 19.4. The van der Waals surface area contributed by atoms with Crippen LogP contribution in [-0.4, -0.2) is 46.0 Å². The highest BCUT2D eigenvalue weighted by Gasteiger charge is 2.21. The zero-order valence-electron chi connectivity index (χ0n) is 15.5. The van der Waals surface area contributed by atoms with Crippen molar-refractivity contribution in [3.63, 3.8) is 0 Å². The van der Waals surface area contributed by atoms with Gasteiger partial charge in [-0.2, -0.15) is 0 Å². The molecule has 0 bridgehead atoms. The van der Waals surface area contributed by atoms with Crippen molar-refractivity contribution in [1.29, 1.82) is 0 Å². The van der Waals surface area contributed by atoms with Gasteiger partial charge >= 0.3 is 0 Å². The number of amides is 1. The number of piperazine rings is 1. The summed E-state index contributed by atoms with van der Waals surface area (Å²) in [4.78, 5) is 19.4. The highest BCUT2D eigenvalue weighted by atomic mass is 35.5. The Morgan fingerprint density at radius 3 is 2.67 bits per heavy atom. The fraction of sp³-hybridized carbons (Fsp3) is 0.333. The van der Waals surface area contributed by atoms with Crippen LogP contribution < -0.4 is 5.32 Å². The first-order chi connectivity index (χ1) is 12.7. The third kappa shape index (κ3) is 4.15. The lowest BCUT2D eigenvalue weighted by Gasteiger charge is -2.32. The molecule has 3 aromatic rings. The van der Waals surface area contributed by atoms with Gasteiger partial charge in [-0.3, -0.25) is 9.36 Å². The van der Waals surface area contributed by atoms with Crippen LogP contribution in [-0.2, 0) is 11.2 Å². The molecule has 1 aliphatic rings. The SMILES string of the molecule is CC1CN(C(=O)CCc2nc3ccccc3n2-c2ccccc2)CCN1.Cl. The van der Waals surface area contributed by atoms with Gasteiger partial charge in [-0.25, -0.2) is 4.98 Å². The number of carbonyl (C=O) groups is 1. The number of aromatic nitrogens is 2. The molecule has 2 aromatic carbocycles.